The Bertz CT molecular complexity index is 1440. The predicted molar refractivity (Wildman–Crippen MR) is 153 cm³/mol. The Hall–Kier alpha value is -3.22. The van der Waals surface area contributed by atoms with Crippen molar-refractivity contribution in [2.45, 2.75) is 19.8 Å². The van der Waals surface area contributed by atoms with E-state index in [1.807, 2.05) is 30.5 Å². The Morgan fingerprint density at radius 2 is 1.81 bits per heavy atom. The molecule has 3 N–H and O–H groups in total. The molecule has 0 saturated carbocycles. The van der Waals surface area contributed by atoms with Crippen molar-refractivity contribution in [3.63, 3.8) is 0 Å². The van der Waals surface area contributed by atoms with Gasteiger partial charge in [0.25, 0.3) is 5.91 Å². The molecule has 6 nitrogen and oxygen atoms in total. The van der Waals surface area contributed by atoms with Crippen molar-refractivity contribution >= 4 is 69.5 Å². The normalized spacial score (nSPS) is 15.2. The maximum Gasteiger partial charge on any atom is 0.254 e. The van der Waals surface area contributed by atoms with Gasteiger partial charge in [-0.15, -0.1) is 11.3 Å². The summed E-state index contributed by atoms with van der Waals surface area (Å²) in [5.74, 6) is -1.07. The fraction of sp³-hybridized carbons (Fsp3) is 0.148. The van der Waals surface area contributed by atoms with E-state index in [0.29, 0.717) is 43.3 Å². The second kappa shape index (κ2) is 11.9. The van der Waals surface area contributed by atoms with Crippen LogP contribution in [0.1, 0.15) is 23.3 Å². The van der Waals surface area contributed by atoms with E-state index >= 15 is 0 Å². The van der Waals surface area contributed by atoms with Crippen LogP contribution in [0.2, 0.25) is 10.0 Å². The molecule has 188 valence electrons. The third kappa shape index (κ3) is 6.38. The maximum absolute atomic E-state index is 13.4. The number of rotatable bonds is 7. The fourth-order valence-electron chi connectivity index (χ4n) is 3.80. The number of carbonyl (C=O) groups excluding carboxylic acids is 2. The summed E-state index contributed by atoms with van der Waals surface area (Å²) in [6.07, 6.45) is 0. The molecule has 2 amide bonds. The van der Waals surface area contributed by atoms with E-state index < -0.39 is 5.92 Å². The zero-order valence-electron chi connectivity index (χ0n) is 19.9. The molecule has 0 aliphatic carbocycles. The lowest BCUT2D eigenvalue weighted by molar-refractivity contribution is -0.114. The summed E-state index contributed by atoms with van der Waals surface area (Å²) in [4.78, 5) is 26.9. The number of thiophene rings is 1. The van der Waals surface area contributed by atoms with Crippen LogP contribution < -0.4 is 16.0 Å². The summed E-state index contributed by atoms with van der Waals surface area (Å²) in [5, 5.41) is 22.7. The van der Waals surface area contributed by atoms with Gasteiger partial charge in [-0.1, -0.05) is 47.1 Å². The first-order valence-corrected chi connectivity index (χ1v) is 13.8. The van der Waals surface area contributed by atoms with Gasteiger partial charge in [0, 0.05) is 37.6 Å². The molecule has 0 bridgehead atoms. The first-order chi connectivity index (χ1) is 17.8. The Balaban J connectivity index is 1.56. The largest absolute Gasteiger partial charge is 0.353 e. The molecule has 0 saturated heterocycles. The zero-order valence-corrected chi connectivity index (χ0v) is 23.0. The fourth-order valence-corrected chi connectivity index (χ4v) is 5.85. The van der Waals surface area contributed by atoms with Crippen LogP contribution in [-0.2, 0) is 9.59 Å². The zero-order chi connectivity index (χ0) is 26.5. The molecule has 0 spiro atoms. The number of halogens is 2. The smallest absolute Gasteiger partial charge is 0.254 e. The molecule has 37 heavy (non-hydrogen) atoms. The molecule has 1 aliphatic heterocycles. The van der Waals surface area contributed by atoms with Gasteiger partial charge in [0.05, 0.1) is 28.3 Å². The Morgan fingerprint density at radius 3 is 2.46 bits per heavy atom. The number of thioether (sulfide) groups is 1. The minimum Gasteiger partial charge on any atom is -0.353 e. The molecule has 2 heterocycles. The van der Waals surface area contributed by atoms with Gasteiger partial charge in [0.1, 0.15) is 0 Å². The van der Waals surface area contributed by atoms with Crippen molar-refractivity contribution in [3.8, 4) is 6.07 Å². The van der Waals surface area contributed by atoms with E-state index in [4.69, 9.17) is 23.2 Å². The summed E-state index contributed by atoms with van der Waals surface area (Å²) < 4.78 is 0. The number of hydrogen-bond donors (Lipinski definition) is 3. The number of hydrogen-bond acceptors (Lipinski definition) is 6. The molecule has 4 rings (SSSR count). The Labute approximate surface area is 233 Å². The van der Waals surface area contributed by atoms with Crippen LogP contribution in [0.15, 0.2) is 81.8 Å². The molecule has 10 heteroatoms. The van der Waals surface area contributed by atoms with Gasteiger partial charge < -0.3 is 16.0 Å². The van der Waals surface area contributed by atoms with Gasteiger partial charge in [-0.3, -0.25) is 9.59 Å². The molecule has 3 aromatic rings. The molecule has 2 aromatic carbocycles. The van der Waals surface area contributed by atoms with Crippen molar-refractivity contribution in [2.75, 3.05) is 16.4 Å². The minimum atomic E-state index is -0.569. The third-order valence-electron chi connectivity index (χ3n) is 5.63. The second-order valence-corrected chi connectivity index (χ2v) is 11.0. The van der Waals surface area contributed by atoms with Gasteiger partial charge in [-0.25, -0.2) is 0 Å². The molecule has 1 unspecified atom stereocenters. The van der Waals surface area contributed by atoms with Crippen molar-refractivity contribution < 1.29 is 9.59 Å². The van der Waals surface area contributed by atoms with Crippen molar-refractivity contribution in [3.05, 3.63) is 102 Å². The van der Waals surface area contributed by atoms with Crippen molar-refractivity contribution in [1.82, 2.24) is 5.32 Å². The second-order valence-electron chi connectivity index (χ2n) is 8.23. The predicted octanol–water partition coefficient (Wildman–Crippen LogP) is 7.07. The number of benzene rings is 2. The van der Waals surface area contributed by atoms with Gasteiger partial charge in [0.15, 0.2) is 0 Å². The number of anilines is 2. The maximum atomic E-state index is 13.4. The third-order valence-corrected chi connectivity index (χ3v) is 8.24. The van der Waals surface area contributed by atoms with Crippen molar-refractivity contribution in [1.29, 1.82) is 5.26 Å². The van der Waals surface area contributed by atoms with Crippen LogP contribution in [0.4, 0.5) is 11.4 Å². The van der Waals surface area contributed by atoms with E-state index in [2.05, 4.69) is 22.0 Å². The SMILES string of the molecule is CC1=C(C(=O)Nc2ccc(Cl)cc2)C(c2cccs2)C(C#N)=C(SCC(=O)Nc2ccc(C)c(Cl)c2)N1. The van der Waals surface area contributed by atoms with Gasteiger partial charge in [-0.05, 0) is 67.3 Å². The number of aryl methyl sites for hydroxylation is 1. The number of carbonyl (C=O) groups is 2. The first-order valence-electron chi connectivity index (χ1n) is 11.2. The lowest BCUT2D eigenvalue weighted by Gasteiger charge is -2.29. The number of nitrogens with zero attached hydrogens (tertiary/aromatic N) is 1. The van der Waals surface area contributed by atoms with Crippen LogP contribution in [0.25, 0.3) is 0 Å². The summed E-state index contributed by atoms with van der Waals surface area (Å²) in [5.41, 5.74) is 3.54. The number of amides is 2. The lowest BCUT2D eigenvalue weighted by atomic mass is 9.86. The summed E-state index contributed by atoms with van der Waals surface area (Å²) in [6.45, 7) is 3.68. The molecular weight excluding hydrogens is 547 g/mol. The standard InChI is InChI=1S/C27H22Cl2N4O2S2/c1-15-5-8-19(12-21(15)29)32-23(34)14-37-27-20(13-30)25(22-4-3-11-36-22)24(16(2)31-27)26(35)33-18-9-6-17(28)7-10-18/h3-12,25,31H,14H2,1-2H3,(H,32,34)(H,33,35). The van der Waals surface area contributed by atoms with Crippen LogP contribution in [0.3, 0.4) is 0 Å². The summed E-state index contributed by atoms with van der Waals surface area (Å²) in [6, 6.07) is 18.2. The highest BCUT2D eigenvalue weighted by molar-refractivity contribution is 8.03. The van der Waals surface area contributed by atoms with Crippen molar-refractivity contribution in [2.24, 2.45) is 0 Å². The molecule has 0 radical (unpaired) electrons. The molecule has 0 fully saturated rings. The number of dihydropyridines is 1. The summed E-state index contributed by atoms with van der Waals surface area (Å²) in [7, 11) is 0. The molecule has 1 atom stereocenters. The molecular formula is C27H22Cl2N4O2S2. The van der Waals surface area contributed by atoms with Gasteiger partial charge in [-0.2, -0.15) is 5.26 Å². The topological polar surface area (TPSA) is 94.0 Å². The van der Waals surface area contributed by atoms with Crippen LogP contribution in [-0.4, -0.2) is 17.6 Å². The summed E-state index contributed by atoms with van der Waals surface area (Å²) >= 11 is 14.8. The number of nitriles is 1. The highest BCUT2D eigenvalue weighted by Gasteiger charge is 2.35. The van der Waals surface area contributed by atoms with E-state index in [0.717, 1.165) is 10.4 Å². The van der Waals surface area contributed by atoms with E-state index in [-0.39, 0.29) is 17.6 Å². The highest BCUT2D eigenvalue weighted by atomic mass is 35.5. The Kier molecular flexibility index (Phi) is 8.62. The minimum absolute atomic E-state index is 0.0652. The average molecular weight is 570 g/mol. The monoisotopic (exact) mass is 568 g/mol. The highest BCUT2D eigenvalue weighted by Crippen LogP contribution is 2.42. The van der Waals surface area contributed by atoms with Crippen LogP contribution in [0, 0.1) is 18.3 Å². The lowest BCUT2D eigenvalue weighted by Crippen LogP contribution is -2.30. The van der Waals surface area contributed by atoms with Crippen LogP contribution >= 0.6 is 46.3 Å². The van der Waals surface area contributed by atoms with E-state index in [9.17, 15) is 14.9 Å². The number of allylic oxidation sites excluding steroid dienone is 2. The van der Waals surface area contributed by atoms with Crippen LogP contribution in [0.5, 0.6) is 0 Å². The van der Waals surface area contributed by atoms with E-state index in [1.165, 1.54) is 23.1 Å². The number of nitrogens with one attached hydrogen (secondary N) is 3. The Morgan fingerprint density at radius 1 is 1.08 bits per heavy atom. The van der Waals surface area contributed by atoms with Gasteiger partial charge in [0.2, 0.25) is 5.91 Å². The quantitative estimate of drug-likeness (QED) is 0.283. The average Bonchev–Trinajstić information content (AvgIpc) is 3.40. The molecule has 1 aliphatic rings. The first kappa shape index (κ1) is 26.8. The van der Waals surface area contributed by atoms with E-state index in [1.54, 1.807) is 43.3 Å². The van der Waals surface area contributed by atoms with Gasteiger partial charge >= 0.3 is 0 Å². The molecule has 1 aromatic heterocycles.